The number of thiazole rings is 1. The van der Waals surface area contributed by atoms with E-state index in [9.17, 15) is 24.0 Å². The van der Waals surface area contributed by atoms with Gasteiger partial charge in [-0.3, -0.25) is 24.0 Å². The first-order valence-corrected chi connectivity index (χ1v) is 14.8. The largest absolute Gasteiger partial charge is 0.463 e. The maximum absolute atomic E-state index is 13.8. The fraction of sp³-hybridized carbons (Fsp3) is 0.714. The second-order valence-electron chi connectivity index (χ2n) is 11.8. The van der Waals surface area contributed by atoms with E-state index >= 15 is 0 Å². The van der Waals surface area contributed by atoms with Crippen molar-refractivity contribution in [1.82, 2.24) is 4.98 Å². The number of rotatable bonds is 9. The number of hydrogen-bond donors (Lipinski definition) is 1. The number of carbonyl (C=O) groups excluding carboxylic acids is 5. The molecule has 12 nitrogen and oxygen atoms in total. The van der Waals surface area contributed by atoms with Crippen molar-refractivity contribution in [3.05, 3.63) is 11.1 Å². The van der Waals surface area contributed by atoms with Crippen LogP contribution in [0.15, 0.2) is 6.20 Å². The van der Waals surface area contributed by atoms with Crippen LogP contribution in [0.2, 0.25) is 0 Å². The quantitative estimate of drug-likeness (QED) is 0.254. The zero-order valence-corrected chi connectivity index (χ0v) is 24.4. The van der Waals surface area contributed by atoms with Gasteiger partial charge in [0.15, 0.2) is 35.5 Å². The highest BCUT2D eigenvalue weighted by molar-refractivity contribution is 7.17. The van der Waals surface area contributed by atoms with E-state index in [-0.39, 0.29) is 17.8 Å². The Hall–Kier alpha value is -3.06. The summed E-state index contributed by atoms with van der Waals surface area (Å²) in [6, 6.07) is 0. The molecule has 1 N–H and O–H groups in total. The van der Waals surface area contributed by atoms with Crippen molar-refractivity contribution in [2.45, 2.75) is 96.9 Å². The Morgan fingerprint density at radius 3 is 1.93 bits per heavy atom. The number of nitrogens with zero attached hydrogens (tertiary/aromatic N) is 1. The zero-order valence-electron chi connectivity index (χ0n) is 23.6. The van der Waals surface area contributed by atoms with Crippen molar-refractivity contribution in [3.63, 3.8) is 0 Å². The highest BCUT2D eigenvalue weighted by Crippen LogP contribution is 2.61. The van der Waals surface area contributed by atoms with Crippen molar-refractivity contribution in [3.8, 4) is 0 Å². The van der Waals surface area contributed by atoms with E-state index in [1.807, 2.05) is 0 Å². The van der Waals surface area contributed by atoms with Crippen LogP contribution >= 0.6 is 11.3 Å². The van der Waals surface area contributed by atoms with Gasteiger partial charge in [-0.15, -0.1) is 0 Å². The summed E-state index contributed by atoms with van der Waals surface area (Å²) >= 11 is 1.18. The van der Waals surface area contributed by atoms with Gasteiger partial charge in [0.25, 0.3) is 0 Å². The van der Waals surface area contributed by atoms with Crippen molar-refractivity contribution >= 4 is 46.1 Å². The maximum atomic E-state index is 13.8. The fourth-order valence-corrected chi connectivity index (χ4v) is 8.47. The Labute approximate surface area is 241 Å². The van der Waals surface area contributed by atoms with E-state index < -0.39 is 54.5 Å². The van der Waals surface area contributed by atoms with Crippen LogP contribution in [-0.4, -0.2) is 71.9 Å². The number of ether oxygens (including phenoxy) is 5. The summed E-state index contributed by atoms with van der Waals surface area (Å²) in [6.07, 6.45) is 1.99. The third-order valence-electron chi connectivity index (χ3n) is 8.51. The van der Waals surface area contributed by atoms with Gasteiger partial charge in [0.2, 0.25) is 0 Å². The molecule has 5 atom stereocenters. The average Bonchev–Trinajstić information content (AvgIpc) is 3.32. The molecule has 1 aromatic rings. The number of esters is 4. The Bertz CT molecular complexity index is 1180. The molecule has 1 aliphatic heterocycles. The van der Waals surface area contributed by atoms with E-state index in [0.29, 0.717) is 27.8 Å². The third-order valence-corrected chi connectivity index (χ3v) is 9.43. The fourth-order valence-electron chi connectivity index (χ4n) is 7.56. The highest BCUT2D eigenvalue weighted by Gasteiger charge is 2.55. The van der Waals surface area contributed by atoms with Gasteiger partial charge < -0.3 is 29.0 Å². The lowest BCUT2D eigenvalue weighted by atomic mass is 9.48. The summed E-state index contributed by atoms with van der Waals surface area (Å²) in [5.41, 5.74) is -0.326. The van der Waals surface area contributed by atoms with Crippen molar-refractivity contribution in [1.29, 1.82) is 0 Å². The third kappa shape index (κ3) is 6.40. The molecule has 0 radical (unpaired) electrons. The van der Waals surface area contributed by atoms with Crippen molar-refractivity contribution in [2.24, 2.45) is 23.2 Å². The average molecular weight is 593 g/mol. The number of ketones is 1. The molecule has 3 unspecified atom stereocenters. The zero-order chi connectivity index (χ0) is 29.5. The summed E-state index contributed by atoms with van der Waals surface area (Å²) in [5.74, 6) is -0.727. The number of hydrogen-bond acceptors (Lipinski definition) is 13. The summed E-state index contributed by atoms with van der Waals surface area (Å²) in [7, 11) is 0. The normalized spacial score (nSPS) is 35.3. The predicted molar refractivity (Wildman–Crippen MR) is 143 cm³/mol. The van der Waals surface area contributed by atoms with Crippen LogP contribution in [0.1, 0.15) is 75.9 Å². The van der Waals surface area contributed by atoms with Gasteiger partial charge in [-0.05, 0) is 56.3 Å². The summed E-state index contributed by atoms with van der Waals surface area (Å²) in [5, 5.41) is 3.40. The van der Waals surface area contributed by atoms with Crippen LogP contribution in [-0.2, 0) is 42.9 Å². The van der Waals surface area contributed by atoms with Crippen LogP contribution in [0.5, 0.6) is 0 Å². The standard InChI is InChI=1S/C28H36N2O10S/c1-13(31)36-12-20-22(37-14(2)32)23(38-15(3)33)24(39-16(4)34)26(40-20)30-27-29-11-21(41-27)25(35)28-8-17-5-18(9-28)7-19(6-17)10-28/h11,17-20,22-24,26H,5-10,12H2,1-4H3,(H,29,30)/t17?,18?,19?,20?,22-,23?,24?,26+,28?/m1/s1. The van der Waals surface area contributed by atoms with Gasteiger partial charge >= 0.3 is 23.9 Å². The van der Waals surface area contributed by atoms with Gasteiger partial charge in [-0.2, -0.15) is 0 Å². The van der Waals surface area contributed by atoms with Gasteiger partial charge in [0, 0.05) is 33.1 Å². The summed E-state index contributed by atoms with van der Waals surface area (Å²) in [4.78, 5) is 66.4. The Kier molecular flexibility index (Phi) is 8.38. The Balaban J connectivity index is 1.39. The second-order valence-corrected chi connectivity index (χ2v) is 12.9. The number of Topliss-reactive ketones (excluding diaryl/α,β-unsaturated/α-hetero) is 1. The molecule has 6 rings (SSSR count). The van der Waals surface area contributed by atoms with Crippen LogP contribution in [0.4, 0.5) is 5.13 Å². The first-order valence-electron chi connectivity index (χ1n) is 14.0. The topological polar surface area (TPSA) is 156 Å². The SMILES string of the molecule is CC(=O)OCC1O[C@H](Nc2ncc(C(=O)C34CC5CC(CC(C5)C3)C4)s2)C(OC(C)=O)C(OC(C)=O)[C@@H]1OC(C)=O. The minimum Gasteiger partial charge on any atom is -0.463 e. The van der Waals surface area contributed by atoms with Crippen LogP contribution in [0.25, 0.3) is 0 Å². The van der Waals surface area contributed by atoms with Crippen LogP contribution < -0.4 is 5.32 Å². The van der Waals surface area contributed by atoms with Crippen LogP contribution in [0.3, 0.4) is 0 Å². The molecule has 0 amide bonds. The first kappa shape index (κ1) is 29.4. The van der Waals surface area contributed by atoms with E-state index in [2.05, 4.69) is 10.3 Å². The van der Waals surface area contributed by atoms with E-state index in [1.165, 1.54) is 44.4 Å². The maximum Gasteiger partial charge on any atom is 0.303 e. The van der Waals surface area contributed by atoms with Gasteiger partial charge in [-0.1, -0.05) is 11.3 Å². The van der Waals surface area contributed by atoms with E-state index in [1.54, 1.807) is 6.20 Å². The minimum absolute atomic E-state index is 0.128. The molecule has 1 aromatic heterocycles. The minimum atomic E-state index is -1.29. The smallest absolute Gasteiger partial charge is 0.303 e. The molecule has 4 bridgehead atoms. The molecule has 0 aromatic carbocycles. The molecule has 41 heavy (non-hydrogen) atoms. The lowest BCUT2D eigenvalue weighted by Gasteiger charge is -2.55. The lowest BCUT2D eigenvalue weighted by molar-refractivity contribution is -0.247. The Morgan fingerprint density at radius 2 is 1.39 bits per heavy atom. The van der Waals surface area contributed by atoms with Gasteiger partial charge in [-0.25, -0.2) is 4.98 Å². The summed E-state index contributed by atoms with van der Waals surface area (Å²) < 4.78 is 27.6. The lowest BCUT2D eigenvalue weighted by Crippen LogP contribution is -2.64. The molecule has 1 saturated heterocycles. The molecule has 5 aliphatic rings. The van der Waals surface area contributed by atoms with Gasteiger partial charge in [0.05, 0.1) is 11.1 Å². The number of nitrogens with one attached hydrogen (secondary N) is 1. The number of aromatic nitrogens is 1. The molecule has 13 heteroatoms. The molecule has 2 heterocycles. The molecule has 4 saturated carbocycles. The predicted octanol–water partition coefficient (Wildman–Crippen LogP) is 3.04. The number of anilines is 1. The van der Waals surface area contributed by atoms with Gasteiger partial charge in [0.1, 0.15) is 12.7 Å². The molecular weight excluding hydrogens is 556 g/mol. The molecular formula is C28H36N2O10S. The Morgan fingerprint density at radius 1 is 0.854 bits per heavy atom. The molecule has 0 spiro atoms. The summed E-state index contributed by atoms with van der Waals surface area (Å²) in [6.45, 7) is 4.39. The van der Waals surface area contributed by atoms with E-state index in [4.69, 9.17) is 23.7 Å². The van der Waals surface area contributed by atoms with E-state index in [0.717, 1.165) is 33.1 Å². The first-order chi connectivity index (χ1) is 19.4. The van der Waals surface area contributed by atoms with Crippen molar-refractivity contribution in [2.75, 3.05) is 11.9 Å². The molecule has 224 valence electrons. The molecule has 5 fully saturated rings. The van der Waals surface area contributed by atoms with Crippen LogP contribution in [0, 0.1) is 23.2 Å². The highest BCUT2D eigenvalue weighted by atomic mass is 32.1. The molecule has 4 aliphatic carbocycles. The second kappa shape index (κ2) is 11.7. The number of carbonyl (C=O) groups is 5. The van der Waals surface area contributed by atoms with Crippen molar-refractivity contribution < 1.29 is 47.7 Å². The monoisotopic (exact) mass is 592 g/mol.